The second kappa shape index (κ2) is 6.68. The van der Waals surface area contributed by atoms with E-state index in [1.165, 1.54) is 28.5 Å². The molecule has 0 radical (unpaired) electrons. The molecule has 2 heterocycles. The van der Waals surface area contributed by atoms with Gasteiger partial charge in [-0.05, 0) is 40.4 Å². The summed E-state index contributed by atoms with van der Waals surface area (Å²) in [7, 11) is 6.37. The highest BCUT2D eigenvalue weighted by atomic mass is 32.1. The van der Waals surface area contributed by atoms with Gasteiger partial charge in [-0.1, -0.05) is 6.92 Å². The predicted octanol–water partition coefficient (Wildman–Crippen LogP) is 1.96. The lowest BCUT2D eigenvalue weighted by molar-refractivity contribution is 0.249. The quantitative estimate of drug-likeness (QED) is 0.894. The van der Waals surface area contributed by atoms with Gasteiger partial charge < -0.3 is 15.1 Å². The highest BCUT2D eigenvalue weighted by Crippen LogP contribution is 2.29. The minimum atomic E-state index is 0.735. The normalized spacial score (nSPS) is 17.4. The fraction of sp³-hybridized carbons (Fsp3) is 0.786. The van der Waals surface area contributed by atoms with Crippen LogP contribution in [0.25, 0.3) is 0 Å². The maximum atomic E-state index is 4.83. The van der Waals surface area contributed by atoms with Crippen molar-refractivity contribution in [1.29, 1.82) is 0 Å². The summed E-state index contributed by atoms with van der Waals surface area (Å²) < 4.78 is 0. The molecule has 108 valence electrons. The number of nitrogens with one attached hydrogen (secondary N) is 1. The Kier molecular flexibility index (Phi) is 5.19. The molecular weight excluding hydrogens is 256 g/mol. The van der Waals surface area contributed by atoms with Crippen molar-refractivity contribution >= 4 is 16.5 Å². The number of piperidine rings is 1. The monoisotopic (exact) mass is 282 g/mol. The van der Waals surface area contributed by atoms with Crippen LogP contribution in [0.5, 0.6) is 0 Å². The van der Waals surface area contributed by atoms with E-state index in [0.717, 1.165) is 32.1 Å². The van der Waals surface area contributed by atoms with Gasteiger partial charge in [0.2, 0.25) is 0 Å². The summed E-state index contributed by atoms with van der Waals surface area (Å²) in [5.74, 6) is 0. The van der Waals surface area contributed by atoms with E-state index < -0.39 is 0 Å². The fourth-order valence-corrected chi connectivity index (χ4v) is 3.87. The van der Waals surface area contributed by atoms with Crippen LogP contribution in [0.3, 0.4) is 0 Å². The van der Waals surface area contributed by atoms with Crippen LogP contribution in [-0.2, 0) is 13.0 Å². The fourth-order valence-electron chi connectivity index (χ4n) is 2.65. The van der Waals surface area contributed by atoms with E-state index >= 15 is 0 Å². The minimum Gasteiger partial charge on any atom is -0.348 e. The van der Waals surface area contributed by atoms with Gasteiger partial charge in [-0.25, -0.2) is 4.98 Å². The summed E-state index contributed by atoms with van der Waals surface area (Å²) in [6.45, 7) is 5.41. The summed E-state index contributed by atoms with van der Waals surface area (Å²) in [5, 5.41) is 4.46. The summed E-state index contributed by atoms with van der Waals surface area (Å²) in [4.78, 5) is 11.0. The van der Waals surface area contributed by atoms with Gasteiger partial charge in [0, 0.05) is 30.6 Å². The van der Waals surface area contributed by atoms with Crippen LogP contribution in [-0.4, -0.2) is 50.2 Å². The van der Waals surface area contributed by atoms with E-state index in [1.54, 1.807) is 0 Å². The average molecular weight is 282 g/mol. The molecule has 1 aromatic heterocycles. The first-order valence-corrected chi connectivity index (χ1v) is 8.01. The van der Waals surface area contributed by atoms with E-state index in [-0.39, 0.29) is 0 Å². The number of aromatic nitrogens is 1. The third-order valence-corrected chi connectivity index (χ3v) is 5.06. The van der Waals surface area contributed by atoms with Crippen molar-refractivity contribution in [2.75, 3.05) is 39.1 Å². The number of hydrogen-bond donors (Lipinski definition) is 1. The molecule has 0 aliphatic carbocycles. The maximum absolute atomic E-state index is 4.83. The van der Waals surface area contributed by atoms with E-state index in [2.05, 4.69) is 36.1 Å². The zero-order valence-electron chi connectivity index (χ0n) is 12.6. The Hall–Kier alpha value is -0.650. The van der Waals surface area contributed by atoms with Crippen molar-refractivity contribution in [3.8, 4) is 0 Å². The van der Waals surface area contributed by atoms with Crippen molar-refractivity contribution in [2.24, 2.45) is 0 Å². The van der Waals surface area contributed by atoms with Crippen LogP contribution in [0, 0.1) is 0 Å². The van der Waals surface area contributed by atoms with Crippen molar-refractivity contribution < 1.29 is 0 Å². The molecule has 1 fully saturated rings. The van der Waals surface area contributed by atoms with Crippen LogP contribution in [0.15, 0.2) is 0 Å². The van der Waals surface area contributed by atoms with Gasteiger partial charge in [0.25, 0.3) is 0 Å². The second-order valence-corrected chi connectivity index (χ2v) is 6.49. The van der Waals surface area contributed by atoms with Crippen LogP contribution >= 0.6 is 11.3 Å². The van der Waals surface area contributed by atoms with Gasteiger partial charge in [0.05, 0.1) is 5.69 Å². The molecule has 0 saturated carbocycles. The molecule has 0 atom stereocenters. The van der Waals surface area contributed by atoms with Crippen LogP contribution < -0.4 is 10.2 Å². The van der Waals surface area contributed by atoms with Crippen molar-refractivity contribution in [3.05, 3.63) is 10.6 Å². The molecular formula is C14H26N4S. The van der Waals surface area contributed by atoms with Gasteiger partial charge in [-0.15, -0.1) is 11.3 Å². The van der Waals surface area contributed by atoms with E-state index in [9.17, 15) is 0 Å². The summed E-state index contributed by atoms with van der Waals surface area (Å²) in [6, 6.07) is 0.735. The zero-order valence-corrected chi connectivity index (χ0v) is 13.4. The third kappa shape index (κ3) is 3.46. The van der Waals surface area contributed by atoms with E-state index in [1.807, 2.05) is 18.4 Å². The molecule has 1 saturated heterocycles. The highest BCUT2D eigenvalue weighted by Gasteiger charge is 2.23. The lowest BCUT2D eigenvalue weighted by Gasteiger charge is -2.35. The number of thiazole rings is 1. The molecule has 0 bridgehead atoms. The van der Waals surface area contributed by atoms with Crippen LogP contribution in [0.1, 0.15) is 30.3 Å². The Balaban J connectivity index is 2.03. The second-order valence-electron chi connectivity index (χ2n) is 5.43. The lowest BCUT2D eigenvalue weighted by Crippen LogP contribution is -2.41. The Morgan fingerprint density at radius 3 is 2.58 bits per heavy atom. The molecule has 1 aromatic rings. The molecule has 19 heavy (non-hydrogen) atoms. The first-order valence-electron chi connectivity index (χ1n) is 7.20. The van der Waals surface area contributed by atoms with Crippen LogP contribution in [0.2, 0.25) is 0 Å². The molecule has 0 unspecified atom stereocenters. The number of rotatable bonds is 5. The number of nitrogens with zero attached hydrogens (tertiary/aromatic N) is 3. The Morgan fingerprint density at radius 1 is 1.37 bits per heavy atom. The lowest BCUT2D eigenvalue weighted by atomic mass is 10.0. The maximum Gasteiger partial charge on any atom is 0.185 e. The standard InChI is InChI=1S/C14H26N4S/c1-5-12-13(10-15-2)19-14(16-12)18-8-6-11(7-9-18)17(3)4/h11,15H,5-10H2,1-4H3. The third-order valence-electron chi connectivity index (χ3n) is 3.90. The van der Waals surface area contributed by atoms with Gasteiger partial charge in [0.1, 0.15) is 0 Å². The molecule has 5 heteroatoms. The SMILES string of the molecule is CCc1nc(N2CCC(N(C)C)CC2)sc1CNC. The summed E-state index contributed by atoms with van der Waals surface area (Å²) in [6.07, 6.45) is 3.52. The molecule has 1 aliphatic heterocycles. The molecule has 1 aliphatic rings. The molecule has 0 aromatic carbocycles. The predicted molar refractivity (Wildman–Crippen MR) is 83.2 cm³/mol. The summed E-state index contributed by atoms with van der Waals surface area (Å²) >= 11 is 1.86. The van der Waals surface area contributed by atoms with Crippen molar-refractivity contribution in [3.63, 3.8) is 0 Å². The molecule has 0 spiro atoms. The zero-order chi connectivity index (χ0) is 13.8. The molecule has 1 N–H and O–H groups in total. The van der Waals surface area contributed by atoms with Gasteiger partial charge in [-0.3, -0.25) is 0 Å². The highest BCUT2D eigenvalue weighted by molar-refractivity contribution is 7.15. The minimum absolute atomic E-state index is 0.735. The topological polar surface area (TPSA) is 31.4 Å². The smallest absolute Gasteiger partial charge is 0.185 e. The van der Waals surface area contributed by atoms with Crippen LogP contribution in [0.4, 0.5) is 5.13 Å². The van der Waals surface area contributed by atoms with Gasteiger partial charge >= 0.3 is 0 Å². The Bertz CT molecular complexity index is 394. The van der Waals surface area contributed by atoms with Crippen molar-refractivity contribution in [2.45, 2.75) is 38.8 Å². The van der Waals surface area contributed by atoms with Gasteiger partial charge in [0.15, 0.2) is 5.13 Å². The first-order chi connectivity index (χ1) is 9.15. The molecule has 0 amide bonds. The van der Waals surface area contributed by atoms with E-state index in [4.69, 9.17) is 4.98 Å². The average Bonchev–Trinajstić information content (AvgIpc) is 2.82. The Labute approximate surface area is 120 Å². The Morgan fingerprint density at radius 2 is 2.05 bits per heavy atom. The number of anilines is 1. The molecule has 4 nitrogen and oxygen atoms in total. The van der Waals surface area contributed by atoms with Gasteiger partial charge in [-0.2, -0.15) is 0 Å². The number of aryl methyl sites for hydroxylation is 1. The largest absolute Gasteiger partial charge is 0.348 e. The van der Waals surface area contributed by atoms with E-state index in [0.29, 0.717) is 0 Å². The van der Waals surface area contributed by atoms with Crippen molar-refractivity contribution in [1.82, 2.24) is 15.2 Å². The molecule has 2 rings (SSSR count). The summed E-state index contributed by atoms with van der Waals surface area (Å²) in [5.41, 5.74) is 1.27. The first kappa shape index (κ1) is 14.8. The number of hydrogen-bond acceptors (Lipinski definition) is 5.